The molecule has 0 atom stereocenters. The van der Waals surface area contributed by atoms with Gasteiger partial charge in [0.05, 0.1) is 12.2 Å². The molecule has 2 aromatic rings. The van der Waals surface area contributed by atoms with Crippen LogP contribution in [0.2, 0.25) is 0 Å². The number of hydrogen-bond donors (Lipinski definition) is 1. The van der Waals surface area contributed by atoms with Crippen LogP contribution in [0.25, 0.3) is 0 Å². The van der Waals surface area contributed by atoms with Crippen LogP contribution in [0.1, 0.15) is 34.0 Å². The third-order valence-corrected chi connectivity index (χ3v) is 3.61. The van der Waals surface area contributed by atoms with E-state index in [1.165, 1.54) is 16.7 Å². The molecule has 0 amide bonds. The van der Waals surface area contributed by atoms with Gasteiger partial charge in [0.2, 0.25) is 0 Å². The first kappa shape index (κ1) is 15.1. The van der Waals surface area contributed by atoms with Crippen molar-refractivity contribution < 1.29 is 9.53 Å². The molecule has 0 aliphatic rings. The van der Waals surface area contributed by atoms with Crippen LogP contribution in [-0.2, 0) is 11.3 Å². The van der Waals surface area contributed by atoms with Crippen LogP contribution in [0.3, 0.4) is 0 Å². The predicted octanol–water partition coefficient (Wildman–Crippen LogP) is 4.09. The van der Waals surface area contributed by atoms with Gasteiger partial charge >= 0.3 is 5.97 Å². The summed E-state index contributed by atoms with van der Waals surface area (Å²) in [5.41, 5.74) is 5.15. The molecule has 0 saturated carbocycles. The van der Waals surface area contributed by atoms with Gasteiger partial charge in [-0.2, -0.15) is 0 Å². The highest BCUT2D eigenvalue weighted by Crippen LogP contribution is 2.19. The lowest BCUT2D eigenvalue weighted by atomic mass is 10.0. The van der Waals surface area contributed by atoms with Crippen molar-refractivity contribution in [3.8, 4) is 0 Å². The number of carbonyl (C=O) groups is 1. The van der Waals surface area contributed by atoms with Crippen molar-refractivity contribution in [1.29, 1.82) is 0 Å². The van der Waals surface area contributed by atoms with E-state index in [0.717, 1.165) is 5.69 Å². The number of rotatable bonds is 5. The molecule has 0 unspecified atom stereocenters. The molecule has 1 N–H and O–H groups in total. The molecule has 21 heavy (non-hydrogen) atoms. The zero-order chi connectivity index (χ0) is 15.2. The summed E-state index contributed by atoms with van der Waals surface area (Å²) in [4.78, 5) is 11.9. The second-order valence-electron chi connectivity index (χ2n) is 4.98. The summed E-state index contributed by atoms with van der Waals surface area (Å²) in [6.07, 6.45) is 0. The Morgan fingerprint density at radius 3 is 2.62 bits per heavy atom. The number of nitrogens with one attached hydrogen (secondary N) is 1. The maximum absolute atomic E-state index is 11.9. The summed E-state index contributed by atoms with van der Waals surface area (Å²) < 4.78 is 5.08. The van der Waals surface area contributed by atoms with Gasteiger partial charge in [-0.3, -0.25) is 0 Å². The molecule has 2 rings (SSSR count). The minimum atomic E-state index is -0.290. The van der Waals surface area contributed by atoms with E-state index in [1.54, 1.807) is 6.07 Å². The molecule has 0 bridgehead atoms. The van der Waals surface area contributed by atoms with Crippen molar-refractivity contribution in [2.24, 2.45) is 0 Å². The van der Waals surface area contributed by atoms with Gasteiger partial charge in [0.15, 0.2) is 0 Å². The van der Waals surface area contributed by atoms with Crippen molar-refractivity contribution in [2.45, 2.75) is 27.3 Å². The third kappa shape index (κ3) is 3.63. The number of anilines is 1. The number of ether oxygens (including phenoxy) is 1. The number of hydrogen-bond acceptors (Lipinski definition) is 3. The first-order chi connectivity index (χ1) is 10.1. The van der Waals surface area contributed by atoms with Gasteiger partial charge in [-0.15, -0.1) is 0 Å². The van der Waals surface area contributed by atoms with E-state index < -0.39 is 0 Å². The van der Waals surface area contributed by atoms with E-state index in [0.29, 0.717) is 18.7 Å². The van der Waals surface area contributed by atoms with Crippen LogP contribution in [0.15, 0.2) is 42.5 Å². The van der Waals surface area contributed by atoms with Crippen LogP contribution in [-0.4, -0.2) is 12.6 Å². The Balaban J connectivity index is 2.17. The summed E-state index contributed by atoms with van der Waals surface area (Å²) in [5, 5.41) is 3.34. The maximum atomic E-state index is 11.9. The van der Waals surface area contributed by atoms with E-state index >= 15 is 0 Å². The normalized spacial score (nSPS) is 10.2. The average Bonchev–Trinajstić information content (AvgIpc) is 2.49. The molecule has 0 radical (unpaired) electrons. The number of aryl methyl sites for hydroxylation is 1. The topological polar surface area (TPSA) is 38.3 Å². The van der Waals surface area contributed by atoms with Gasteiger partial charge in [0.25, 0.3) is 0 Å². The lowest BCUT2D eigenvalue weighted by Gasteiger charge is -2.13. The minimum Gasteiger partial charge on any atom is -0.462 e. The Morgan fingerprint density at radius 2 is 1.86 bits per heavy atom. The smallest absolute Gasteiger partial charge is 0.340 e. The largest absolute Gasteiger partial charge is 0.462 e. The number of esters is 1. The molecule has 0 fully saturated rings. The van der Waals surface area contributed by atoms with Crippen LogP contribution in [0, 0.1) is 13.8 Å². The SMILES string of the molecule is CCOC(=O)c1ccccc1NCc1cccc(C)c1C. The first-order valence-corrected chi connectivity index (χ1v) is 7.18. The summed E-state index contributed by atoms with van der Waals surface area (Å²) in [7, 11) is 0. The highest BCUT2D eigenvalue weighted by molar-refractivity contribution is 5.95. The first-order valence-electron chi connectivity index (χ1n) is 7.18. The lowest BCUT2D eigenvalue weighted by molar-refractivity contribution is 0.0527. The number of para-hydroxylation sites is 1. The van der Waals surface area contributed by atoms with E-state index in [-0.39, 0.29) is 5.97 Å². The molecular formula is C18H21NO2. The van der Waals surface area contributed by atoms with E-state index in [1.807, 2.05) is 25.1 Å². The van der Waals surface area contributed by atoms with Gasteiger partial charge in [0, 0.05) is 12.2 Å². The van der Waals surface area contributed by atoms with Crippen molar-refractivity contribution in [1.82, 2.24) is 0 Å². The Kier molecular flexibility index (Phi) is 4.99. The second-order valence-corrected chi connectivity index (χ2v) is 4.98. The van der Waals surface area contributed by atoms with E-state index in [9.17, 15) is 4.79 Å². The molecule has 0 aromatic heterocycles. The molecule has 0 spiro atoms. The Bertz CT molecular complexity index is 635. The van der Waals surface area contributed by atoms with E-state index in [2.05, 4.69) is 37.4 Å². The Hall–Kier alpha value is -2.29. The van der Waals surface area contributed by atoms with E-state index in [4.69, 9.17) is 4.74 Å². The molecule has 2 aromatic carbocycles. The highest BCUT2D eigenvalue weighted by atomic mass is 16.5. The van der Waals surface area contributed by atoms with Crippen molar-refractivity contribution in [3.05, 3.63) is 64.7 Å². The van der Waals surface area contributed by atoms with Gasteiger partial charge in [-0.1, -0.05) is 30.3 Å². The number of carbonyl (C=O) groups excluding carboxylic acids is 1. The van der Waals surface area contributed by atoms with Gasteiger partial charge < -0.3 is 10.1 Å². The van der Waals surface area contributed by atoms with Crippen molar-refractivity contribution in [2.75, 3.05) is 11.9 Å². The standard InChI is InChI=1S/C18H21NO2/c1-4-21-18(20)16-10-5-6-11-17(16)19-12-15-9-7-8-13(2)14(15)3/h5-11,19H,4,12H2,1-3H3. The predicted molar refractivity (Wildman–Crippen MR) is 85.6 cm³/mol. The molecule has 3 nitrogen and oxygen atoms in total. The van der Waals surface area contributed by atoms with Crippen LogP contribution in [0.5, 0.6) is 0 Å². The molecular weight excluding hydrogens is 262 g/mol. The third-order valence-electron chi connectivity index (χ3n) is 3.61. The van der Waals surface area contributed by atoms with Gasteiger partial charge in [-0.05, 0) is 49.6 Å². The molecule has 3 heteroatoms. The molecule has 0 aliphatic heterocycles. The fourth-order valence-corrected chi connectivity index (χ4v) is 2.22. The van der Waals surface area contributed by atoms with Crippen LogP contribution >= 0.6 is 0 Å². The van der Waals surface area contributed by atoms with Gasteiger partial charge in [-0.25, -0.2) is 4.79 Å². The summed E-state index contributed by atoms with van der Waals surface area (Å²) in [5.74, 6) is -0.290. The minimum absolute atomic E-state index is 0.290. The fraction of sp³-hybridized carbons (Fsp3) is 0.278. The summed E-state index contributed by atoms with van der Waals surface area (Å²) in [6.45, 7) is 7.09. The maximum Gasteiger partial charge on any atom is 0.340 e. The lowest BCUT2D eigenvalue weighted by Crippen LogP contribution is -2.10. The summed E-state index contributed by atoms with van der Waals surface area (Å²) >= 11 is 0. The van der Waals surface area contributed by atoms with Crippen molar-refractivity contribution in [3.63, 3.8) is 0 Å². The number of benzene rings is 2. The quantitative estimate of drug-likeness (QED) is 0.840. The Labute approximate surface area is 126 Å². The molecule has 110 valence electrons. The fourth-order valence-electron chi connectivity index (χ4n) is 2.22. The monoisotopic (exact) mass is 283 g/mol. The van der Waals surface area contributed by atoms with Crippen molar-refractivity contribution >= 4 is 11.7 Å². The van der Waals surface area contributed by atoms with Crippen LogP contribution in [0.4, 0.5) is 5.69 Å². The summed E-state index contributed by atoms with van der Waals surface area (Å²) in [6, 6.07) is 13.7. The zero-order valence-electron chi connectivity index (χ0n) is 12.8. The second kappa shape index (κ2) is 6.93. The average molecular weight is 283 g/mol. The Morgan fingerprint density at radius 1 is 1.10 bits per heavy atom. The molecule has 0 saturated heterocycles. The van der Waals surface area contributed by atoms with Gasteiger partial charge in [0.1, 0.15) is 0 Å². The highest BCUT2D eigenvalue weighted by Gasteiger charge is 2.11. The molecule has 0 heterocycles. The molecule has 0 aliphatic carbocycles. The zero-order valence-corrected chi connectivity index (χ0v) is 12.8. The van der Waals surface area contributed by atoms with Crippen LogP contribution < -0.4 is 5.32 Å².